The lowest BCUT2D eigenvalue weighted by molar-refractivity contribution is 0.0165. The second-order valence-corrected chi connectivity index (χ2v) is 14.4. The maximum absolute atomic E-state index is 14.8. The van der Waals surface area contributed by atoms with Gasteiger partial charge in [-0.05, 0) is 111 Å². The summed E-state index contributed by atoms with van der Waals surface area (Å²) in [5.41, 5.74) is 3.56. The highest BCUT2D eigenvalue weighted by molar-refractivity contribution is 7.21. The molecule has 1 saturated carbocycles. The van der Waals surface area contributed by atoms with E-state index in [1.54, 1.807) is 29.2 Å². The van der Waals surface area contributed by atoms with Gasteiger partial charge in [0.05, 0.1) is 15.1 Å². The molecule has 2 heterocycles. The molecule has 4 aromatic rings. The van der Waals surface area contributed by atoms with Crippen LogP contribution in [0.5, 0.6) is 0 Å². The van der Waals surface area contributed by atoms with Gasteiger partial charge in [-0.2, -0.15) is 0 Å². The zero-order valence-corrected chi connectivity index (χ0v) is 28.5. The third-order valence-electron chi connectivity index (χ3n) is 8.65. The van der Waals surface area contributed by atoms with E-state index in [1.165, 1.54) is 0 Å². The van der Waals surface area contributed by atoms with Gasteiger partial charge in [0.15, 0.2) is 0 Å². The molecule has 0 unspecified atom stereocenters. The molecule has 46 heavy (non-hydrogen) atoms. The number of amides is 2. The van der Waals surface area contributed by atoms with Crippen molar-refractivity contribution in [2.75, 3.05) is 13.6 Å². The van der Waals surface area contributed by atoms with Crippen LogP contribution in [-0.2, 0) is 17.7 Å². The summed E-state index contributed by atoms with van der Waals surface area (Å²) in [4.78, 5) is 34.7. The molecule has 2 aromatic heterocycles. The summed E-state index contributed by atoms with van der Waals surface area (Å²) in [6, 6.07) is 12.3. The van der Waals surface area contributed by atoms with Crippen LogP contribution >= 0.6 is 22.9 Å². The molecule has 2 aromatic carbocycles. The smallest absolute Gasteiger partial charge is 0.410 e. The minimum Gasteiger partial charge on any atom is -0.444 e. The standard InChI is InChI=1S/C36H40ClF2N3O3S/c1-6-23-9-10-25(24-15-17-40-18-16-24)19-26(23)21-42(34(43)33-31(37)30-28(38)13-14-29(39)32(30)46-33)20-22-7-11-27(12-8-22)41(5)35(44)45-36(2,3)4/h9-10,13-19,22,27H,6-8,11-12,20-21H2,1-5H3. The maximum Gasteiger partial charge on any atom is 0.410 e. The van der Waals surface area contributed by atoms with Gasteiger partial charge >= 0.3 is 6.09 Å². The molecule has 6 nitrogen and oxygen atoms in total. The number of carbonyl (C=O) groups excluding carboxylic acids is 2. The minimum atomic E-state index is -0.658. The van der Waals surface area contributed by atoms with Crippen LogP contribution in [0.4, 0.5) is 13.6 Å². The number of thiophene rings is 1. The van der Waals surface area contributed by atoms with Gasteiger partial charge < -0.3 is 14.5 Å². The lowest BCUT2D eigenvalue weighted by Crippen LogP contribution is -2.43. The van der Waals surface area contributed by atoms with Crippen molar-refractivity contribution in [3.63, 3.8) is 0 Å². The first-order chi connectivity index (χ1) is 21.9. The first kappa shape index (κ1) is 33.8. The first-order valence-electron chi connectivity index (χ1n) is 15.7. The molecule has 0 saturated heterocycles. The molecule has 0 N–H and O–H groups in total. The van der Waals surface area contributed by atoms with Gasteiger partial charge in [0.1, 0.15) is 22.1 Å². The number of halogens is 3. The Balaban J connectivity index is 1.43. The molecule has 1 aliphatic rings. The molecule has 5 rings (SSSR count). The van der Waals surface area contributed by atoms with E-state index < -0.39 is 17.2 Å². The molecule has 10 heteroatoms. The minimum absolute atomic E-state index is 0.0351. The lowest BCUT2D eigenvalue weighted by atomic mass is 9.85. The van der Waals surface area contributed by atoms with Crippen LogP contribution < -0.4 is 0 Å². The summed E-state index contributed by atoms with van der Waals surface area (Å²) in [7, 11) is 1.78. The van der Waals surface area contributed by atoms with Gasteiger partial charge in [0.2, 0.25) is 0 Å². The van der Waals surface area contributed by atoms with E-state index >= 15 is 0 Å². The van der Waals surface area contributed by atoms with Crippen molar-refractivity contribution >= 4 is 45.0 Å². The van der Waals surface area contributed by atoms with E-state index in [0.29, 0.717) is 13.1 Å². The topological polar surface area (TPSA) is 62.7 Å². The van der Waals surface area contributed by atoms with Crippen molar-refractivity contribution < 1.29 is 23.1 Å². The van der Waals surface area contributed by atoms with Crippen LogP contribution in [0, 0.1) is 17.6 Å². The highest BCUT2D eigenvalue weighted by Gasteiger charge is 2.32. The molecule has 1 fully saturated rings. The summed E-state index contributed by atoms with van der Waals surface area (Å²) in [6.07, 6.45) is 7.10. The van der Waals surface area contributed by atoms with Crippen LogP contribution in [0.3, 0.4) is 0 Å². The lowest BCUT2D eigenvalue weighted by Gasteiger charge is -2.37. The average Bonchev–Trinajstić information content (AvgIpc) is 3.39. The van der Waals surface area contributed by atoms with Gasteiger partial charge in [0, 0.05) is 38.6 Å². The molecule has 1 aliphatic carbocycles. The van der Waals surface area contributed by atoms with Crippen molar-refractivity contribution in [2.45, 2.75) is 78.0 Å². The quantitative estimate of drug-likeness (QED) is 0.188. The number of hydrogen-bond acceptors (Lipinski definition) is 5. The molecule has 2 amide bonds. The Hall–Kier alpha value is -3.56. The van der Waals surface area contributed by atoms with Crippen LogP contribution in [-0.4, -0.2) is 52.0 Å². The predicted molar refractivity (Wildman–Crippen MR) is 180 cm³/mol. The Bertz CT molecular complexity index is 1720. The van der Waals surface area contributed by atoms with Crippen molar-refractivity contribution in [3.05, 3.63) is 87.5 Å². The van der Waals surface area contributed by atoms with Gasteiger partial charge in [0.25, 0.3) is 5.91 Å². The van der Waals surface area contributed by atoms with E-state index in [-0.39, 0.29) is 43.9 Å². The van der Waals surface area contributed by atoms with Crippen LogP contribution in [0.1, 0.15) is 74.2 Å². The van der Waals surface area contributed by atoms with Crippen molar-refractivity contribution in [1.82, 2.24) is 14.8 Å². The van der Waals surface area contributed by atoms with Gasteiger partial charge in [-0.15, -0.1) is 11.3 Å². The summed E-state index contributed by atoms with van der Waals surface area (Å²) in [5.74, 6) is -1.45. The number of fused-ring (bicyclic) bond motifs is 1. The Morgan fingerprint density at radius 3 is 2.28 bits per heavy atom. The highest BCUT2D eigenvalue weighted by atomic mass is 35.5. The molecular formula is C36H40ClF2N3O3S. The van der Waals surface area contributed by atoms with Crippen LogP contribution in [0.25, 0.3) is 21.2 Å². The SMILES string of the molecule is CCc1ccc(-c2ccncc2)cc1CN(CC1CCC(N(C)C(=O)OC(C)(C)C)CC1)C(=O)c1sc2c(F)ccc(F)c2c1Cl. The van der Waals surface area contributed by atoms with E-state index in [2.05, 4.69) is 30.1 Å². The number of pyridine rings is 1. The fourth-order valence-corrected chi connectivity index (χ4v) is 7.67. The molecule has 244 valence electrons. The third-order valence-corrected chi connectivity index (χ3v) is 10.3. The summed E-state index contributed by atoms with van der Waals surface area (Å²) < 4.78 is 35.1. The van der Waals surface area contributed by atoms with Gasteiger partial charge in [-0.3, -0.25) is 9.78 Å². The number of ether oxygens (including phenoxy) is 1. The Morgan fingerprint density at radius 1 is 0.978 bits per heavy atom. The second-order valence-electron chi connectivity index (χ2n) is 13.0. The Labute approximate surface area is 278 Å². The number of aryl methyl sites for hydroxylation is 1. The summed E-state index contributed by atoms with van der Waals surface area (Å²) >= 11 is 7.51. The molecule has 0 atom stereocenters. The molecule has 0 spiro atoms. The number of nitrogens with zero attached hydrogens (tertiary/aromatic N) is 3. The van der Waals surface area contributed by atoms with Crippen molar-refractivity contribution in [2.24, 2.45) is 5.92 Å². The number of rotatable bonds is 8. The zero-order chi connectivity index (χ0) is 33.2. The maximum atomic E-state index is 14.8. The van der Waals surface area contributed by atoms with E-state index in [9.17, 15) is 18.4 Å². The molecule has 0 aliphatic heterocycles. The predicted octanol–water partition coefficient (Wildman–Crippen LogP) is 9.53. The molecule has 0 radical (unpaired) electrons. The van der Waals surface area contributed by atoms with Gasteiger partial charge in [-0.25, -0.2) is 13.6 Å². The Kier molecular flexibility index (Phi) is 10.3. The monoisotopic (exact) mass is 667 g/mol. The summed E-state index contributed by atoms with van der Waals surface area (Å²) in [6.45, 7) is 8.39. The second kappa shape index (κ2) is 14.1. The molecule has 0 bridgehead atoms. The first-order valence-corrected chi connectivity index (χ1v) is 16.9. The van der Waals surface area contributed by atoms with Crippen LogP contribution in [0.2, 0.25) is 5.02 Å². The highest BCUT2D eigenvalue weighted by Crippen LogP contribution is 2.40. The summed E-state index contributed by atoms with van der Waals surface area (Å²) in [5, 5.41) is -0.120. The number of carbonyl (C=O) groups is 2. The fraction of sp³-hybridized carbons (Fsp3) is 0.417. The van der Waals surface area contributed by atoms with Crippen molar-refractivity contribution in [3.8, 4) is 11.1 Å². The van der Waals surface area contributed by atoms with Crippen LogP contribution in [0.15, 0.2) is 54.9 Å². The Morgan fingerprint density at radius 2 is 1.65 bits per heavy atom. The number of aromatic nitrogens is 1. The number of hydrogen-bond donors (Lipinski definition) is 0. The van der Waals surface area contributed by atoms with E-state index in [0.717, 1.165) is 77.8 Å². The van der Waals surface area contributed by atoms with E-state index in [4.69, 9.17) is 16.3 Å². The third kappa shape index (κ3) is 7.52. The van der Waals surface area contributed by atoms with Gasteiger partial charge in [-0.1, -0.05) is 30.7 Å². The number of benzene rings is 2. The zero-order valence-electron chi connectivity index (χ0n) is 26.9. The van der Waals surface area contributed by atoms with E-state index in [1.807, 2.05) is 32.9 Å². The fourth-order valence-electron chi connectivity index (χ4n) is 6.16. The largest absolute Gasteiger partial charge is 0.444 e. The van der Waals surface area contributed by atoms with Crippen molar-refractivity contribution in [1.29, 1.82) is 0 Å². The average molecular weight is 668 g/mol. The molecular weight excluding hydrogens is 628 g/mol. The normalized spacial score (nSPS) is 16.8.